The second-order valence-corrected chi connectivity index (χ2v) is 7.24. The average molecular weight is 358 g/mol. The number of hydrogen-bond donors (Lipinski definition) is 0. The first-order chi connectivity index (χ1) is 11.5. The van der Waals surface area contributed by atoms with Crippen molar-refractivity contribution in [3.05, 3.63) is 0 Å². The summed E-state index contributed by atoms with van der Waals surface area (Å²) in [5, 5.41) is 0. The highest BCUT2D eigenvalue weighted by molar-refractivity contribution is 5.94. The molecule has 0 aliphatic carbocycles. The molecule has 144 valence electrons. The molecule has 0 radical (unpaired) electrons. The van der Waals surface area contributed by atoms with E-state index < -0.39 is 22.8 Å². The Morgan fingerprint density at radius 1 is 0.920 bits per heavy atom. The SMILES string of the molecule is CCC(C)(CC(C)(C)CC(=O)OC)C(=O)OCCOC(=O)CC(C)=O. The fraction of sp³-hybridized carbons (Fsp3) is 0.778. The van der Waals surface area contributed by atoms with E-state index >= 15 is 0 Å². The topological polar surface area (TPSA) is 96.0 Å². The minimum atomic E-state index is -0.763. The normalized spacial score (nSPS) is 13.5. The summed E-state index contributed by atoms with van der Waals surface area (Å²) in [4.78, 5) is 46.0. The van der Waals surface area contributed by atoms with Crippen LogP contribution in [0.25, 0.3) is 0 Å². The van der Waals surface area contributed by atoms with Crippen LogP contribution in [0.2, 0.25) is 0 Å². The van der Waals surface area contributed by atoms with Crippen LogP contribution in [0.15, 0.2) is 0 Å². The zero-order valence-corrected chi connectivity index (χ0v) is 16.1. The summed E-state index contributed by atoms with van der Waals surface area (Å²) < 4.78 is 14.7. The summed E-state index contributed by atoms with van der Waals surface area (Å²) in [6, 6.07) is 0. The first-order valence-electron chi connectivity index (χ1n) is 8.35. The van der Waals surface area contributed by atoms with Crippen LogP contribution in [0.5, 0.6) is 0 Å². The molecule has 0 heterocycles. The minimum Gasteiger partial charge on any atom is -0.469 e. The van der Waals surface area contributed by atoms with Gasteiger partial charge in [-0.15, -0.1) is 0 Å². The van der Waals surface area contributed by atoms with E-state index in [1.54, 1.807) is 6.92 Å². The first kappa shape index (κ1) is 23.1. The Bertz CT molecular complexity index is 496. The molecule has 0 aromatic heterocycles. The van der Waals surface area contributed by atoms with Crippen LogP contribution in [0.1, 0.15) is 60.3 Å². The molecule has 0 saturated heterocycles. The van der Waals surface area contributed by atoms with Gasteiger partial charge in [0.1, 0.15) is 25.4 Å². The number of ketones is 1. The Kier molecular flexibility index (Phi) is 9.38. The predicted molar refractivity (Wildman–Crippen MR) is 90.6 cm³/mol. The van der Waals surface area contributed by atoms with Gasteiger partial charge in [-0.05, 0) is 32.1 Å². The maximum Gasteiger partial charge on any atom is 0.313 e. The van der Waals surface area contributed by atoms with Crippen molar-refractivity contribution in [2.24, 2.45) is 10.8 Å². The molecule has 0 fully saturated rings. The van der Waals surface area contributed by atoms with Crippen LogP contribution in [0.3, 0.4) is 0 Å². The number of carbonyl (C=O) groups is 4. The van der Waals surface area contributed by atoms with Gasteiger partial charge in [0.25, 0.3) is 0 Å². The van der Waals surface area contributed by atoms with Gasteiger partial charge in [-0.25, -0.2) is 0 Å². The van der Waals surface area contributed by atoms with E-state index in [4.69, 9.17) is 14.2 Å². The zero-order valence-electron chi connectivity index (χ0n) is 16.1. The summed E-state index contributed by atoms with van der Waals surface area (Å²) in [6.45, 7) is 8.59. The highest BCUT2D eigenvalue weighted by Gasteiger charge is 2.39. The molecule has 0 bridgehead atoms. The van der Waals surface area contributed by atoms with Crippen LogP contribution >= 0.6 is 0 Å². The lowest BCUT2D eigenvalue weighted by Crippen LogP contribution is -2.36. The number of ether oxygens (including phenoxy) is 3. The van der Waals surface area contributed by atoms with Gasteiger partial charge in [0.15, 0.2) is 0 Å². The van der Waals surface area contributed by atoms with Gasteiger partial charge >= 0.3 is 17.9 Å². The van der Waals surface area contributed by atoms with E-state index in [9.17, 15) is 19.2 Å². The second kappa shape index (κ2) is 10.2. The number of rotatable bonds is 11. The van der Waals surface area contributed by atoms with E-state index in [1.165, 1.54) is 14.0 Å². The number of carbonyl (C=O) groups excluding carboxylic acids is 4. The highest BCUT2D eigenvalue weighted by atomic mass is 16.6. The Morgan fingerprint density at radius 2 is 1.48 bits per heavy atom. The standard InChI is InChI=1S/C18H30O7/c1-7-18(5,12-17(3,4)11-15(21)23-6)16(22)25-9-8-24-14(20)10-13(2)19/h7-12H2,1-6H3. The van der Waals surface area contributed by atoms with Crippen molar-refractivity contribution in [3.8, 4) is 0 Å². The van der Waals surface area contributed by atoms with Gasteiger partial charge in [-0.3, -0.25) is 19.2 Å². The molecule has 0 rings (SSSR count). The smallest absolute Gasteiger partial charge is 0.313 e. The molecule has 0 amide bonds. The minimum absolute atomic E-state index is 0.0739. The molecule has 0 aromatic rings. The van der Waals surface area contributed by atoms with Crippen LogP contribution in [0.4, 0.5) is 0 Å². The Balaban J connectivity index is 4.54. The molecule has 1 atom stereocenters. The molecule has 0 aliphatic rings. The van der Waals surface area contributed by atoms with Gasteiger partial charge < -0.3 is 14.2 Å². The molecule has 25 heavy (non-hydrogen) atoms. The Morgan fingerprint density at radius 3 is 1.96 bits per heavy atom. The lowest BCUT2D eigenvalue weighted by molar-refractivity contribution is -0.162. The van der Waals surface area contributed by atoms with Crippen LogP contribution in [0, 0.1) is 10.8 Å². The van der Waals surface area contributed by atoms with Crippen molar-refractivity contribution in [1.82, 2.24) is 0 Å². The van der Waals surface area contributed by atoms with Crippen molar-refractivity contribution in [1.29, 1.82) is 0 Å². The van der Waals surface area contributed by atoms with Crippen molar-refractivity contribution in [2.45, 2.75) is 60.3 Å². The fourth-order valence-corrected chi connectivity index (χ4v) is 2.64. The van der Waals surface area contributed by atoms with E-state index in [-0.39, 0.29) is 37.8 Å². The monoisotopic (exact) mass is 358 g/mol. The third kappa shape index (κ3) is 9.22. The molecule has 0 aromatic carbocycles. The van der Waals surface area contributed by atoms with E-state index in [2.05, 4.69) is 0 Å². The van der Waals surface area contributed by atoms with Crippen LogP contribution in [-0.4, -0.2) is 44.0 Å². The molecule has 7 nitrogen and oxygen atoms in total. The lowest BCUT2D eigenvalue weighted by atomic mass is 9.71. The summed E-state index contributed by atoms with van der Waals surface area (Å²) in [5.41, 5.74) is -1.19. The van der Waals surface area contributed by atoms with Gasteiger partial charge in [0, 0.05) is 0 Å². The van der Waals surface area contributed by atoms with Crippen LogP contribution < -0.4 is 0 Å². The maximum atomic E-state index is 12.4. The first-order valence-corrected chi connectivity index (χ1v) is 8.35. The molecule has 0 aliphatic heterocycles. The van der Waals surface area contributed by atoms with Crippen LogP contribution in [-0.2, 0) is 33.4 Å². The summed E-state index contributed by atoms with van der Waals surface area (Å²) in [5.74, 6) is -1.65. The molecular formula is C18H30O7. The zero-order chi connectivity index (χ0) is 19.7. The number of esters is 3. The number of hydrogen-bond acceptors (Lipinski definition) is 7. The van der Waals surface area contributed by atoms with E-state index in [1.807, 2.05) is 20.8 Å². The van der Waals surface area contributed by atoms with Crippen molar-refractivity contribution >= 4 is 23.7 Å². The van der Waals surface area contributed by atoms with Crippen molar-refractivity contribution < 1.29 is 33.4 Å². The third-order valence-electron chi connectivity index (χ3n) is 3.97. The molecule has 7 heteroatoms. The number of methoxy groups -OCH3 is 1. The van der Waals surface area contributed by atoms with Crippen molar-refractivity contribution in [3.63, 3.8) is 0 Å². The summed E-state index contributed by atoms with van der Waals surface area (Å²) in [6.07, 6.45) is 0.909. The average Bonchev–Trinajstić information content (AvgIpc) is 2.49. The molecule has 0 N–H and O–H groups in total. The summed E-state index contributed by atoms with van der Waals surface area (Å²) in [7, 11) is 1.33. The van der Waals surface area contributed by atoms with Gasteiger partial charge in [-0.2, -0.15) is 0 Å². The highest BCUT2D eigenvalue weighted by Crippen LogP contribution is 2.39. The van der Waals surface area contributed by atoms with Gasteiger partial charge in [0.05, 0.1) is 18.9 Å². The van der Waals surface area contributed by atoms with Gasteiger partial charge in [0.2, 0.25) is 0 Å². The fourth-order valence-electron chi connectivity index (χ4n) is 2.64. The molecule has 0 spiro atoms. The molecule has 0 saturated carbocycles. The largest absolute Gasteiger partial charge is 0.469 e. The molecule has 1 unspecified atom stereocenters. The maximum absolute atomic E-state index is 12.4. The summed E-state index contributed by atoms with van der Waals surface area (Å²) >= 11 is 0. The lowest BCUT2D eigenvalue weighted by Gasteiger charge is -2.34. The quantitative estimate of drug-likeness (QED) is 0.242. The third-order valence-corrected chi connectivity index (χ3v) is 3.97. The van der Waals surface area contributed by atoms with E-state index in [0.717, 1.165) is 0 Å². The van der Waals surface area contributed by atoms with Gasteiger partial charge in [-0.1, -0.05) is 20.8 Å². The Labute approximate surface area is 149 Å². The number of Topliss-reactive ketones (excluding diaryl/α,β-unsaturated/α-hetero) is 1. The Hall–Kier alpha value is -1.92. The van der Waals surface area contributed by atoms with Crippen molar-refractivity contribution in [2.75, 3.05) is 20.3 Å². The van der Waals surface area contributed by atoms with E-state index in [0.29, 0.717) is 12.8 Å². The predicted octanol–water partition coefficient (Wildman–Crippen LogP) is 2.45. The molecular weight excluding hydrogens is 328 g/mol. The second-order valence-electron chi connectivity index (χ2n) is 7.24.